The normalized spacial score (nSPS) is 13.5. The Morgan fingerprint density at radius 1 is 0.647 bits per heavy atom. The van der Waals surface area contributed by atoms with Crippen LogP contribution in [-0.2, 0) is 4.43 Å². The zero-order valence-electron chi connectivity index (χ0n) is 23.0. The quantitative estimate of drug-likeness (QED) is 0.179. The van der Waals surface area contributed by atoms with Crippen LogP contribution in [0, 0.1) is 0 Å². The van der Waals surface area contributed by atoms with Crippen LogP contribution in [0.3, 0.4) is 0 Å². The van der Waals surface area contributed by atoms with Gasteiger partial charge < -0.3 is 9.53 Å². The number of rotatable bonds is 17. The second-order valence-corrected chi connectivity index (χ2v) is 16.7. The van der Waals surface area contributed by atoms with Crippen molar-refractivity contribution in [3.05, 3.63) is 48.0 Å². The van der Waals surface area contributed by atoms with Crippen molar-refractivity contribution in [3.63, 3.8) is 0 Å². The third kappa shape index (κ3) is 8.21. The maximum atomic E-state index is 10.7. The van der Waals surface area contributed by atoms with Gasteiger partial charge in [-0.1, -0.05) is 135 Å². The summed E-state index contributed by atoms with van der Waals surface area (Å²) >= 11 is 0. The molecule has 0 aliphatic rings. The van der Waals surface area contributed by atoms with E-state index in [4.69, 9.17) is 4.43 Å². The Bertz CT molecular complexity index is 787. The van der Waals surface area contributed by atoms with Crippen LogP contribution in [0.4, 0.5) is 0 Å². The number of aliphatic hydroxyl groups is 1. The van der Waals surface area contributed by atoms with Gasteiger partial charge in [-0.2, -0.15) is 0 Å². The summed E-state index contributed by atoms with van der Waals surface area (Å²) in [5, 5.41) is 13.1. The third-order valence-electron chi connectivity index (χ3n) is 7.86. The lowest BCUT2D eigenvalue weighted by atomic mass is 9.96. The van der Waals surface area contributed by atoms with E-state index in [1.807, 2.05) is 0 Å². The van der Waals surface area contributed by atoms with Gasteiger partial charge in [-0.3, -0.25) is 0 Å². The van der Waals surface area contributed by atoms with E-state index in [2.05, 4.69) is 84.0 Å². The van der Waals surface area contributed by atoms with Crippen molar-refractivity contribution in [2.45, 2.75) is 128 Å². The molecule has 0 heterocycles. The fraction of sp³-hybridized carbons (Fsp3) is 0.677. The molecule has 0 saturated carbocycles. The number of unbranched alkanes of at least 4 members (excludes halogenated alkanes) is 8. The summed E-state index contributed by atoms with van der Waals surface area (Å²) < 4.78 is 6.68. The topological polar surface area (TPSA) is 29.5 Å². The Morgan fingerprint density at radius 3 is 1.74 bits per heavy atom. The van der Waals surface area contributed by atoms with E-state index in [9.17, 15) is 5.11 Å². The Kier molecular flexibility index (Phi) is 12.9. The van der Waals surface area contributed by atoms with E-state index in [1.165, 1.54) is 62.1 Å². The maximum absolute atomic E-state index is 10.7. The minimum Gasteiger partial charge on any atom is -0.416 e. The van der Waals surface area contributed by atoms with Crippen molar-refractivity contribution >= 4 is 19.1 Å². The van der Waals surface area contributed by atoms with E-state index < -0.39 is 8.32 Å². The molecule has 0 aliphatic carbocycles. The largest absolute Gasteiger partial charge is 0.416 e. The first-order valence-corrected chi connectivity index (χ1v) is 16.2. The van der Waals surface area contributed by atoms with Crippen molar-refractivity contribution in [2.75, 3.05) is 6.61 Å². The van der Waals surface area contributed by atoms with Gasteiger partial charge in [-0.25, -0.2) is 0 Å². The van der Waals surface area contributed by atoms with Gasteiger partial charge in [0.25, 0.3) is 0 Å². The lowest BCUT2D eigenvalue weighted by Crippen LogP contribution is -2.47. The average molecular weight is 485 g/mol. The first kappa shape index (κ1) is 29.1. The van der Waals surface area contributed by atoms with E-state index in [0.29, 0.717) is 16.6 Å². The molecule has 2 aromatic rings. The smallest absolute Gasteiger partial charge is 0.200 e. The SMILES string of the molecule is CC(C)[Si](OCCCCCCCCCCC[C@@H](O)c1cccc2ccccc12)(C(C)C)C(C)C. The minimum absolute atomic E-state index is 0.350. The van der Waals surface area contributed by atoms with Gasteiger partial charge in [0.1, 0.15) is 0 Å². The predicted octanol–water partition coefficient (Wildman–Crippen LogP) is 9.97. The second-order valence-electron chi connectivity index (χ2n) is 11.2. The number of hydrogen-bond acceptors (Lipinski definition) is 2. The minimum atomic E-state index is -1.68. The summed E-state index contributed by atoms with van der Waals surface area (Å²) in [5.41, 5.74) is 3.12. The molecule has 0 radical (unpaired) electrons. The van der Waals surface area contributed by atoms with Crippen molar-refractivity contribution in [3.8, 4) is 0 Å². The molecule has 0 saturated heterocycles. The van der Waals surface area contributed by atoms with Crippen molar-refractivity contribution in [1.29, 1.82) is 0 Å². The lowest BCUT2D eigenvalue weighted by molar-refractivity contribution is 0.165. The Morgan fingerprint density at radius 2 is 1.15 bits per heavy atom. The van der Waals surface area contributed by atoms with Crippen LogP contribution >= 0.6 is 0 Å². The van der Waals surface area contributed by atoms with Crippen LogP contribution < -0.4 is 0 Å². The Hall–Kier alpha value is -1.16. The molecule has 1 atom stereocenters. The van der Waals surface area contributed by atoms with Gasteiger partial charge in [-0.05, 0) is 45.8 Å². The second kappa shape index (κ2) is 15.1. The van der Waals surface area contributed by atoms with Gasteiger partial charge in [0.2, 0.25) is 0 Å². The molecule has 2 nitrogen and oxygen atoms in total. The van der Waals surface area contributed by atoms with Gasteiger partial charge in [0.05, 0.1) is 6.10 Å². The Labute approximate surface area is 211 Å². The van der Waals surface area contributed by atoms with Crippen LogP contribution in [0.2, 0.25) is 16.6 Å². The van der Waals surface area contributed by atoms with Crippen LogP contribution in [0.15, 0.2) is 42.5 Å². The number of hydrogen-bond donors (Lipinski definition) is 1. The molecule has 1 N–H and O–H groups in total. The predicted molar refractivity (Wildman–Crippen MR) is 152 cm³/mol. The van der Waals surface area contributed by atoms with E-state index in [0.717, 1.165) is 25.0 Å². The van der Waals surface area contributed by atoms with Crippen LogP contribution in [0.25, 0.3) is 10.8 Å². The maximum Gasteiger partial charge on any atom is 0.200 e. The van der Waals surface area contributed by atoms with E-state index >= 15 is 0 Å². The molecule has 2 rings (SSSR count). The molecule has 0 amide bonds. The fourth-order valence-corrected chi connectivity index (χ4v) is 11.6. The first-order valence-electron chi connectivity index (χ1n) is 14.1. The van der Waals surface area contributed by atoms with Gasteiger partial charge in [-0.15, -0.1) is 0 Å². The number of fused-ring (bicyclic) bond motifs is 1. The average Bonchev–Trinajstić information content (AvgIpc) is 2.80. The third-order valence-corrected chi connectivity index (χ3v) is 14.0. The molecule has 192 valence electrons. The van der Waals surface area contributed by atoms with Crippen LogP contribution in [-0.4, -0.2) is 20.0 Å². The molecular formula is C31H52O2Si. The molecule has 34 heavy (non-hydrogen) atoms. The molecule has 0 aromatic heterocycles. The summed E-state index contributed by atoms with van der Waals surface area (Å²) in [4.78, 5) is 0. The summed E-state index contributed by atoms with van der Waals surface area (Å²) in [6, 6.07) is 14.6. The van der Waals surface area contributed by atoms with Crippen LogP contribution in [0.5, 0.6) is 0 Å². The molecule has 0 spiro atoms. The first-order chi connectivity index (χ1) is 16.3. The zero-order valence-corrected chi connectivity index (χ0v) is 24.0. The highest BCUT2D eigenvalue weighted by Gasteiger charge is 2.44. The molecule has 0 unspecified atom stereocenters. The molecular weight excluding hydrogens is 432 g/mol. The highest BCUT2D eigenvalue weighted by molar-refractivity contribution is 6.77. The lowest BCUT2D eigenvalue weighted by Gasteiger charge is -2.42. The van der Waals surface area contributed by atoms with Gasteiger partial charge in [0.15, 0.2) is 8.32 Å². The van der Waals surface area contributed by atoms with Gasteiger partial charge in [0, 0.05) is 6.61 Å². The standard InChI is InChI=1S/C31H52O2Si/c1-25(2)34(26(3)4,27(5)6)33-24-17-13-11-9-7-8-10-12-14-23-31(32)30-22-18-20-28-19-15-16-21-29(28)30/h15-16,18-22,25-27,31-32H,7-14,17,23-24H2,1-6H3/t31-/m1/s1. The van der Waals surface area contributed by atoms with Crippen molar-refractivity contribution < 1.29 is 9.53 Å². The molecule has 2 aromatic carbocycles. The highest BCUT2D eigenvalue weighted by Crippen LogP contribution is 2.42. The molecule has 0 bridgehead atoms. The number of benzene rings is 2. The summed E-state index contributed by atoms with van der Waals surface area (Å²) in [6.45, 7) is 15.2. The van der Waals surface area contributed by atoms with Crippen molar-refractivity contribution in [2.24, 2.45) is 0 Å². The molecule has 3 heteroatoms. The monoisotopic (exact) mass is 484 g/mol. The molecule has 0 fully saturated rings. The van der Waals surface area contributed by atoms with E-state index in [-0.39, 0.29) is 6.10 Å². The molecule has 0 aliphatic heterocycles. The summed E-state index contributed by atoms with van der Waals surface area (Å²) in [5.74, 6) is 0. The zero-order chi connectivity index (χ0) is 25.0. The van der Waals surface area contributed by atoms with E-state index in [1.54, 1.807) is 0 Å². The summed E-state index contributed by atoms with van der Waals surface area (Å²) in [6.07, 6.45) is 12.0. The van der Waals surface area contributed by atoms with Crippen LogP contribution in [0.1, 0.15) is 117 Å². The van der Waals surface area contributed by atoms with Gasteiger partial charge >= 0.3 is 0 Å². The Balaban J connectivity index is 1.52. The van der Waals surface area contributed by atoms with Crippen molar-refractivity contribution in [1.82, 2.24) is 0 Å². The number of aliphatic hydroxyl groups excluding tert-OH is 1. The highest BCUT2D eigenvalue weighted by atomic mass is 28.4. The fourth-order valence-electron chi connectivity index (χ4n) is 6.12. The summed E-state index contributed by atoms with van der Waals surface area (Å²) in [7, 11) is -1.68.